The monoisotopic (exact) mass is 286 g/mol. The molecule has 1 N–H and O–H groups in total. The Bertz CT molecular complexity index is 342. The lowest BCUT2D eigenvalue weighted by Gasteiger charge is -2.28. The molecule has 0 aromatic heterocycles. The number of hydrogen-bond donors (Lipinski definition) is 1. The summed E-state index contributed by atoms with van der Waals surface area (Å²) in [5.41, 5.74) is 0. The molecule has 1 aliphatic rings. The second kappa shape index (κ2) is 6.21. The Morgan fingerprint density at radius 1 is 1.21 bits per heavy atom. The van der Waals surface area contributed by atoms with Gasteiger partial charge in [0.05, 0.1) is 11.8 Å². The Hall–Kier alpha value is -1.34. The number of aliphatic carboxylic acids is 1. The van der Waals surface area contributed by atoms with Crippen molar-refractivity contribution in [3.05, 3.63) is 0 Å². The molecule has 3 atom stereocenters. The number of carboxylic acid groups (broad SMARTS) is 1. The Labute approximate surface area is 106 Å². The number of carbonyl (C=O) groups is 2. The van der Waals surface area contributed by atoms with Crippen LogP contribution < -0.4 is 0 Å². The molecule has 0 saturated heterocycles. The van der Waals surface area contributed by atoms with Crippen LogP contribution in [0, 0.1) is 11.8 Å². The van der Waals surface area contributed by atoms with Gasteiger partial charge in [0.1, 0.15) is 6.67 Å². The number of alkyl halides is 4. The summed E-state index contributed by atoms with van der Waals surface area (Å²) in [4.78, 5) is 22.5. The minimum atomic E-state index is -4.99. The maximum atomic E-state index is 12.3. The first-order valence-corrected chi connectivity index (χ1v) is 5.83. The summed E-state index contributed by atoms with van der Waals surface area (Å²) in [6.07, 6.45) is -6.33. The van der Waals surface area contributed by atoms with E-state index in [9.17, 15) is 27.2 Å². The van der Waals surface area contributed by atoms with Gasteiger partial charge >= 0.3 is 18.1 Å². The Morgan fingerprint density at radius 3 is 2.16 bits per heavy atom. The van der Waals surface area contributed by atoms with E-state index < -0.39 is 42.7 Å². The van der Waals surface area contributed by atoms with Gasteiger partial charge in [-0.1, -0.05) is 12.8 Å². The van der Waals surface area contributed by atoms with E-state index in [-0.39, 0.29) is 12.8 Å². The van der Waals surface area contributed by atoms with Crippen molar-refractivity contribution < 1.29 is 37.0 Å². The molecule has 0 aromatic rings. The molecule has 1 aliphatic carbocycles. The molecule has 8 heteroatoms. The zero-order valence-corrected chi connectivity index (χ0v) is 9.95. The number of halogens is 4. The number of ether oxygens (including phenoxy) is 1. The third kappa shape index (κ3) is 4.07. The molecule has 0 heterocycles. The smallest absolute Gasteiger partial charge is 0.428 e. The van der Waals surface area contributed by atoms with Gasteiger partial charge < -0.3 is 9.84 Å². The van der Waals surface area contributed by atoms with Crippen LogP contribution in [-0.4, -0.2) is 36.0 Å². The fourth-order valence-corrected chi connectivity index (χ4v) is 2.12. The van der Waals surface area contributed by atoms with Crippen LogP contribution >= 0.6 is 0 Å². The first kappa shape index (κ1) is 15.7. The van der Waals surface area contributed by atoms with E-state index in [1.165, 1.54) is 0 Å². The molecule has 0 radical (unpaired) electrons. The average molecular weight is 286 g/mol. The Balaban J connectivity index is 2.72. The van der Waals surface area contributed by atoms with Gasteiger partial charge in [-0.2, -0.15) is 13.2 Å². The predicted molar refractivity (Wildman–Crippen MR) is 55.0 cm³/mol. The first-order valence-electron chi connectivity index (χ1n) is 5.83. The molecule has 19 heavy (non-hydrogen) atoms. The highest BCUT2D eigenvalue weighted by atomic mass is 19.4. The number of rotatable bonds is 4. The summed E-state index contributed by atoms with van der Waals surface area (Å²) in [5, 5.41) is 8.90. The molecule has 0 bridgehead atoms. The summed E-state index contributed by atoms with van der Waals surface area (Å²) in [6.45, 7) is -1.88. The summed E-state index contributed by atoms with van der Waals surface area (Å²) in [6, 6.07) is 0. The number of hydrogen-bond acceptors (Lipinski definition) is 3. The summed E-state index contributed by atoms with van der Waals surface area (Å²) in [5.74, 6) is -4.73. The molecule has 3 unspecified atom stereocenters. The van der Waals surface area contributed by atoms with Gasteiger partial charge in [0.15, 0.2) is 0 Å². The van der Waals surface area contributed by atoms with Crippen LogP contribution in [0.15, 0.2) is 0 Å². The van der Waals surface area contributed by atoms with Crippen molar-refractivity contribution in [2.45, 2.75) is 38.0 Å². The fourth-order valence-electron chi connectivity index (χ4n) is 2.12. The Kier molecular flexibility index (Phi) is 5.13. The van der Waals surface area contributed by atoms with E-state index in [1.807, 2.05) is 0 Å². The van der Waals surface area contributed by atoms with Crippen molar-refractivity contribution in [1.29, 1.82) is 0 Å². The molecule has 4 nitrogen and oxygen atoms in total. The fraction of sp³-hybridized carbons (Fsp3) is 0.818. The van der Waals surface area contributed by atoms with Crippen LogP contribution in [0.2, 0.25) is 0 Å². The van der Waals surface area contributed by atoms with Gasteiger partial charge in [-0.3, -0.25) is 9.59 Å². The lowest BCUT2D eigenvalue weighted by Crippen LogP contribution is -2.40. The van der Waals surface area contributed by atoms with Crippen molar-refractivity contribution in [1.82, 2.24) is 0 Å². The number of esters is 1. The molecule has 1 saturated carbocycles. The molecule has 0 spiro atoms. The first-order chi connectivity index (χ1) is 8.77. The maximum Gasteiger partial charge on any atom is 0.428 e. The zero-order chi connectivity index (χ0) is 14.6. The van der Waals surface area contributed by atoms with E-state index in [2.05, 4.69) is 4.74 Å². The standard InChI is InChI=1S/C11H14F4O4/c12-5-8(11(13,14)15)19-10(18)7-4-2-1-3-6(7)9(16)17/h6-8H,1-5H2,(H,16,17). The highest BCUT2D eigenvalue weighted by Gasteiger charge is 2.45. The van der Waals surface area contributed by atoms with Gasteiger partial charge in [0.25, 0.3) is 0 Å². The van der Waals surface area contributed by atoms with E-state index >= 15 is 0 Å². The van der Waals surface area contributed by atoms with Gasteiger partial charge in [0.2, 0.25) is 6.10 Å². The van der Waals surface area contributed by atoms with Crippen molar-refractivity contribution in [3.8, 4) is 0 Å². The predicted octanol–water partition coefficient (Wildman–Crippen LogP) is 2.32. The molecule has 110 valence electrons. The highest BCUT2D eigenvalue weighted by Crippen LogP contribution is 2.33. The van der Waals surface area contributed by atoms with Gasteiger partial charge in [-0.15, -0.1) is 0 Å². The molecule has 0 amide bonds. The van der Waals surface area contributed by atoms with Crippen LogP contribution in [0.4, 0.5) is 17.6 Å². The number of carbonyl (C=O) groups excluding carboxylic acids is 1. The van der Waals surface area contributed by atoms with E-state index in [0.29, 0.717) is 12.8 Å². The van der Waals surface area contributed by atoms with E-state index in [4.69, 9.17) is 5.11 Å². The number of carboxylic acids is 1. The minimum Gasteiger partial charge on any atom is -0.481 e. The molecule has 1 rings (SSSR count). The van der Waals surface area contributed by atoms with E-state index in [1.54, 1.807) is 0 Å². The maximum absolute atomic E-state index is 12.3. The normalized spacial score (nSPS) is 25.7. The summed E-state index contributed by atoms with van der Waals surface area (Å²) < 4.78 is 53.1. The third-order valence-corrected chi connectivity index (χ3v) is 3.15. The van der Waals surface area contributed by atoms with Crippen molar-refractivity contribution in [2.24, 2.45) is 11.8 Å². The lowest BCUT2D eigenvalue weighted by molar-refractivity contribution is -0.227. The topological polar surface area (TPSA) is 63.6 Å². The van der Waals surface area contributed by atoms with Gasteiger partial charge in [-0.25, -0.2) is 4.39 Å². The zero-order valence-electron chi connectivity index (χ0n) is 9.95. The molecule has 0 aliphatic heterocycles. The van der Waals surface area contributed by atoms with Crippen LogP contribution in [0.1, 0.15) is 25.7 Å². The lowest BCUT2D eigenvalue weighted by atomic mass is 9.79. The van der Waals surface area contributed by atoms with Crippen molar-refractivity contribution in [3.63, 3.8) is 0 Å². The van der Waals surface area contributed by atoms with Crippen molar-refractivity contribution >= 4 is 11.9 Å². The second-order valence-electron chi connectivity index (χ2n) is 4.46. The van der Waals surface area contributed by atoms with Crippen LogP contribution in [0.3, 0.4) is 0 Å². The van der Waals surface area contributed by atoms with Crippen LogP contribution in [0.25, 0.3) is 0 Å². The van der Waals surface area contributed by atoms with Gasteiger partial charge in [-0.05, 0) is 12.8 Å². The summed E-state index contributed by atoms with van der Waals surface area (Å²) in [7, 11) is 0. The molecular formula is C11H14F4O4. The average Bonchev–Trinajstić information content (AvgIpc) is 2.34. The summed E-state index contributed by atoms with van der Waals surface area (Å²) >= 11 is 0. The van der Waals surface area contributed by atoms with Crippen molar-refractivity contribution in [2.75, 3.05) is 6.67 Å². The Morgan fingerprint density at radius 2 is 1.74 bits per heavy atom. The molecule has 0 aromatic carbocycles. The largest absolute Gasteiger partial charge is 0.481 e. The SMILES string of the molecule is O=C(O)C1CCCCC1C(=O)OC(CF)C(F)(F)F. The minimum absolute atomic E-state index is 0.145. The highest BCUT2D eigenvalue weighted by molar-refractivity contribution is 5.81. The molecule has 1 fully saturated rings. The molecular weight excluding hydrogens is 272 g/mol. The quantitative estimate of drug-likeness (QED) is 0.636. The van der Waals surface area contributed by atoms with E-state index in [0.717, 1.165) is 0 Å². The van der Waals surface area contributed by atoms with Crippen LogP contribution in [-0.2, 0) is 14.3 Å². The van der Waals surface area contributed by atoms with Crippen LogP contribution in [0.5, 0.6) is 0 Å². The van der Waals surface area contributed by atoms with Gasteiger partial charge in [0, 0.05) is 0 Å². The third-order valence-electron chi connectivity index (χ3n) is 3.15. The second-order valence-corrected chi connectivity index (χ2v) is 4.46.